The monoisotopic (exact) mass is 214 g/mol. The summed E-state index contributed by atoms with van der Waals surface area (Å²) in [5.74, 6) is 0.831. The molecule has 0 aromatic rings. The average Bonchev–Trinajstić information content (AvgIpc) is 2.69. The average molecular weight is 214 g/mol. The molecule has 3 nitrogen and oxygen atoms in total. The smallest absolute Gasteiger partial charge is 0.163 e. The third-order valence-electron chi connectivity index (χ3n) is 3.57. The first-order valence-corrected chi connectivity index (χ1v) is 5.97. The van der Waals surface area contributed by atoms with E-state index >= 15 is 0 Å². The molecule has 2 fully saturated rings. The van der Waals surface area contributed by atoms with Gasteiger partial charge in [0.15, 0.2) is 5.79 Å². The third-order valence-corrected chi connectivity index (χ3v) is 3.57. The van der Waals surface area contributed by atoms with Gasteiger partial charge < -0.3 is 14.2 Å². The van der Waals surface area contributed by atoms with Crippen LogP contribution in [0.1, 0.15) is 34.1 Å². The molecule has 0 aromatic carbocycles. The Balaban J connectivity index is 2.00. The van der Waals surface area contributed by atoms with Crippen LogP contribution >= 0.6 is 0 Å². The van der Waals surface area contributed by atoms with Crippen LogP contribution in [0.3, 0.4) is 0 Å². The van der Waals surface area contributed by atoms with Crippen molar-refractivity contribution in [1.29, 1.82) is 0 Å². The topological polar surface area (TPSA) is 27.7 Å². The first kappa shape index (κ1) is 11.4. The summed E-state index contributed by atoms with van der Waals surface area (Å²) in [4.78, 5) is 0. The molecular formula is C12H22O3. The lowest BCUT2D eigenvalue weighted by atomic mass is 9.87. The highest BCUT2D eigenvalue weighted by molar-refractivity contribution is 4.89. The molecule has 0 bridgehead atoms. The van der Waals surface area contributed by atoms with Crippen LogP contribution in [0.25, 0.3) is 0 Å². The fourth-order valence-electron chi connectivity index (χ4n) is 2.73. The predicted octanol–water partition coefficient (Wildman–Crippen LogP) is 2.20. The van der Waals surface area contributed by atoms with Gasteiger partial charge >= 0.3 is 0 Å². The molecule has 2 aliphatic rings. The second-order valence-electron chi connectivity index (χ2n) is 5.21. The molecule has 4 atom stereocenters. The highest BCUT2D eigenvalue weighted by atomic mass is 16.7. The van der Waals surface area contributed by atoms with Crippen molar-refractivity contribution in [1.82, 2.24) is 0 Å². The van der Waals surface area contributed by atoms with Gasteiger partial charge in [0, 0.05) is 0 Å². The lowest BCUT2D eigenvalue weighted by Crippen LogP contribution is -2.35. The summed E-state index contributed by atoms with van der Waals surface area (Å²) < 4.78 is 17.3. The Morgan fingerprint density at radius 3 is 2.53 bits per heavy atom. The molecule has 3 heteroatoms. The third kappa shape index (κ3) is 2.19. The Bertz CT molecular complexity index is 227. The van der Waals surface area contributed by atoms with Crippen LogP contribution in [0.2, 0.25) is 0 Å². The molecule has 0 aliphatic carbocycles. The zero-order chi connectivity index (χ0) is 11.1. The van der Waals surface area contributed by atoms with E-state index in [0.29, 0.717) is 18.4 Å². The summed E-state index contributed by atoms with van der Waals surface area (Å²) >= 11 is 0. The van der Waals surface area contributed by atoms with E-state index in [0.717, 1.165) is 13.0 Å². The van der Waals surface area contributed by atoms with Crippen molar-refractivity contribution in [3.8, 4) is 0 Å². The van der Waals surface area contributed by atoms with Gasteiger partial charge in [-0.3, -0.25) is 0 Å². The fourth-order valence-corrected chi connectivity index (χ4v) is 2.73. The highest BCUT2D eigenvalue weighted by Crippen LogP contribution is 2.36. The number of ether oxygens (including phenoxy) is 3. The van der Waals surface area contributed by atoms with Gasteiger partial charge in [0.2, 0.25) is 0 Å². The molecule has 2 heterocycles. The number of hydrogen-bond donors (Lipinski definition) is 0. The fraction of sp³-hybridized carbons (Fsp3) is 1.00. The molecule has 0 spiro atoms. The minimum Gasteiger partial charge on any atom is -0.375 e. The normalized spacial score (nSPS) is 44.8. The minimum absolute atomic E-state index is 0.120. The standard InChI is InChI=1S/C12H22O3/c1-5-9-8(2)6-13-11(9)10-7-14-12(3,4)15-10/h8-11H,5-7H2,1-4H3. The predicted molar refractivity (Wildman–Crippen MR) is 57.6 cm³/mol. The van der Waals surface area contributed by atoms with Crippen molar-refractivity contribution in [2.24, 2.45) is 11.8 Å². The molecule has 0 amide bonds. The highest BCUT2D eigenvalue weighted by Gasteiger charge is 2.44. The summed E-state index contributed by atoms with van der Waals surface area (Å²) in [7, 11) is 0. The molecule has 2 aliphatic heterocycles. The van der Waals surface area contributed by atoms with E-state index in [2.05, 4.69) is 13.8 Å². The van der Waals surface area contributed by atoms with Gasteiger partial charge in [-0.2, -0.15) is 0 Å². The molecule has 0 radical (unpaired) electrons. The zero-order valence-corrected chi connectivity index (χ0v) is 10.2. The summed E-state index contributed by atoms with van der Waals surface area (Å²) in [6, 6.07) is 0. The zero-order valence-electron chi connectivity index (χ0n) is 10.2. The number of rotatable bonds is 2. The van der Waals surface area contributed by atoms with Gasteiger partial charge in [0.25, 0.3) is 0 Å². The molecule has 88 valence electrons. The van der Waals surface area contributed by atoms with Crippen molar-refractivity contribution in [2.45, 2.75) is 52.1 Å². The van der Waals surface area contributed by atoms with Crippen molar-refractivity contribution >= 4 is 0 Å². The van der Waals surface area contributed by atoms with E-state index in [1.54, 1.807) is 0 Å². The first-order chi connectivity index (χ1) is 7.03. The summed E-state index contributed by atoms with van der Waals surface area (Å²) in [5, 5.41) is 0. The van der Waals surface area contributed by atoms with Crippen LogP contribution in [-0.4, -0.2) is 31.2 Å². The second-order valence-corrected chi connectivity index (χ2v) is 5.21. The second kappa shape index (κ2) is 4.04. The molecular weight excluding hydrogens is 192 g/mol. The van der Waals surface area contributed by atoms with Crippen LogP contribution in [-0.2, 0) is 14.2 Å². The van der Waals surface area contributed by atoms with Crippen molar-refractivity contribution in [2.75, 3.05) is 13.2 Å². The van der Waals surface area contributed by atoms with Gasteiger partial charge in [0.05, 0.1) is 19.3 Å². The largest absolute Gasteiger partial charge is 0.375 e. The van der Waals surface area contributed by atoms with Crippen LogP contribution in [0, 0.1) is 11.8 Å². The van der Waals surface area contributed by atoms with Crippen LogP contribution in [0.5, 0.6) is 0 Å². The molecule has 0 N–H and O–H groups in total. The van der Waals surface area contributed by atoms with Crippen molar-refractivity contribution in [3.63, 3.8) is 0 Å². The van der Waals surface area contributed by atoms with Crippen LogP contribution in [0.4, 0.5) is 0 Å². The van der Waals surface area contributed by atoms with E-state index < -0.39 is 5.79 Å². The molecule has 2 rings (SSSR count). The Morgan fingerprint density at radius 2 is 2.00 bits per heavy atom. The van der Waals surface area contributed by atoms with E-state index in [9.17, 15) is 0 Å². The molecule has 2 saturated heterocycles. The Kier molecular flexibility index (Phi) is 3.06. The Labute approximate surface area is 92.1 Å². The van der Waals surface area contributed by atoms with Crippen LogP contribution in [0.15, 0.2) is 0 Å². The molecule has 15 heavy (non-hydrogen) atoms. The summed E-state index contributed by atoms with van der Waals surface area (Å²) in [6.07, 6.45) is 1.51. The maximum atomic E-state index is 5.87. The van der Waals surface area contributed by atoms with E-state index in [-0.39, 0.29) is 12.2 Å². The van der Waals surface area contributed by atoms with Crippen LogP contribution < -0.4 is 0 Å². The van der Waals surface area contributed by atoms with E-state index in [4.69, 9.17) is 14.2 Å². The quantitative estimate of drug-likeness (QED) is 0.705. The lowest BCUT2D eigenvalue weighted by molar-refractivity contribution is -0.154. The van der Waals surface area contributed by atoms with Crippen molar-refractivity contribution < 1.29 is 14.2 Å². The molecule has 0 saturated carbocycles. The van der Waals surface area contributed by atoms with E-state index in [1.165, 1.54) is 0 Å². The Morgan fingerprint density at radius 1 is 1.27 bits per heavy atom. The van der Waals surface area contributed by atoms with Gasteiger partial charge in [-0.25, -0.2) is 0 Å². The Hall–Kier alpha value is -0.120. The minimum atomic E-state index is -0.432. The number of hydrogen-bond acceptors (Lipinski definition) is 3. The first-order valence-electron chi connectivity index (χ1n) is 5.97. The SMILES string of the molecule is CCC1C(C)COC1C1COC(C)(C)O1. The van der Waals surface area contributed by atoms with Crippen molar-refractivity contribution in [3.05, 3.63) is 0 Å². The van der Waals surface area contributed by atoms with Gasteiger partial charge in [-0.15, -0.1) is 0 Å². The van der Waals surface area contributed by atoms with Gasteiger partial charge in [0.1, 0.15) is 6.10 Å². The maximum Gasteiger partial charge on any atom is 0.163 e. The maximum absolute atomic E-state index is 5.87. The van der Waals surface area contributed by atoms with E-state index in [1.807, 2.05) is 13.8 Å². The van der Waals surface area contributed by atoms with Gasteiger partial charge in [-0.1, -0.05) is 20.3 Å². The molecule has 4 unspecified atom stereocenters. The summed E-state index contributed by atoms with van der Waals surface area (Å²) in [5.41, 5.74) is 0. The molecule has 0 aromatic heterocycles. The van der Waals surface area contributed by atoms with Gasteiger partial charge in [-0.05, 0) is 25.7 Å². The lowest BCUT2D eigenvalue weighted by Gasteiger charge is -2.25. The summed E-state index contributed by atoms with van der Waals surface area (Å²) in [6.45, 7) is 9.95.